The van der Waals surface area contributed by atoms with Crippen molar-refractivity contribution in [2.45, 2.75) is 77.7 Å². The van der Waals surface area contributed by atoms with Crippen molar-refractivity contribution in [1.82, 2.24) is 0 Å². The van der Waals surface area contributed by atoms with E-state index >= 15 is 0 Å². The topological polar surface area (TPSA) is 30.5 Å². The van der Waals surface area contributed by atoms with Gasteiger partial charge in [0, 0.05) is 5.69 Å². The summed E-state index contributed by atoms with van der Waals surface area (Å²) in [5, 5.41) is 3.45. The zero-order chi connectivity index (χ0) is 21.4. The van der Waals surface area contributed by atoms with E-state index in [-0.39, 0.29) is 11.5 Å². The average Bonchev–Trinajstić information content (AvgIpc) is 2.74. The molecule has 1 unspecified atom stereocenters. The molecule has 1 atom stereocenters. The Kier molecular flexibility index (Phi) is 8.07. The van der Waals surface area contributed by atoms with E-state index in [4.69, 9.17) is 9.47 Å². The second kappa shape index (κ2) is 10.7. The van der Waals surface area contributed by atoms with Crippen LogP contribution in [-0.2, 0) is 5.41 Å². The molecule has 0 amide bonds. The van der Waals surface area contributed by atoms with Gasteiger partial charge in [0.2, 0.25) is 0 Å². The van der Waals surface area contributed by atoms with Gasteiger partial charge in [-0.25, -0.2) is 0 Å². The van der Waals surface area contributed by atoms with Gasteiger partial charge in [-0.1, -0.05) is 65.0 Å². The molecular formula is C27H39NO2. The molecule has 0 heterocycles. The second-order valence-corrected chi connectivity index (χ2v) is 9.75. The zero-order valence-electron chi connectivity index (χ0n) is 19.2. The number of ether oxygens (including phenoxy) is 2. The molecule has 0 bridgehead atoms. The van der Waals surface area contributed by atoms with E-state index in [1.165, 1.54) is 44.1 Å². The molecule has 1 saturated carbocycles. The number of anilines is 1. The third-order valence-corrected chi connectivity index (χ3v) is 6.03. The van der Waals surface area contributed by atoms with Crippen molar-refractivity contribution < 1.29 is 9.47 Å². The van der Waals surface area contributed by atoms with E-state index in [2.05, 4.69) is 81.5 Å². The molecule has 30 heavy (non-hydrogen) atoms. The lowest BCUT2D eigenvalue weighted by atomic mass is 9.87. The lowest BCUT2D eigenvalue weighted by molar-refractivity contribution is 0.234. The smallest absolute Gasteiger partial charge is 0.119 e. The van der Waals surface area contributed by atoms with E-state index in [1.54, 1.807) is 0 Å². The predicted molar refractivity (Wildman–Crippen MR) is 127 cm³/mol. The standard InChI is InChI=1S/C27H39NO2/c1-21(30-26-14-10-23(11-15-26)27(2,3)4)20-28-24-12-16-25(17-13-24)29-19-18-22-8-6-5-7-9-22/h10-17,21-22,28H,5-9,18-20H2,1-4H3. The summed E-state index contributed by atoms with van der Waals surface area (Å²) in [7, 11) is 0. The molecule has 3 nitrogen and oxygen atoms in total. The van der Waals surface area contributed by atoms with Crippen LogP contribution in [0.4, 0.5) is 5.69 Å². The Morgan fingerprint density at radius 3 is 2.17 bits per heavy atom. The maximum Gasteiger partial charge on any atom is 0.119 e. The Balaban J connectivity index is 1.37. The highest BCUT2D eigenvalue weighted by Gasteiger charge is 2.14. The maximum atomic E-state index is 6.05. The Hall–Kier alpha value is -2.16. The third kappa shape index (κ3) is 7.27. The minimum atomic E-state index is 0.0805. The first-order chi connectivity index (χ1) is 14.4. The summed E-state index contributed by atoms with van der Waals surface area (Å²) < 4.78 is 12.0. The largest absolute Gasteiger partial charge is 0.494 e. The average molecular weight is 410 g/mol. The van der Waals surface area contributed by atoms with Crippen LogP contribution in [0.2, 0.25) is 0 Å². The maximum absolute atomic E-state index is 6.05. The van der Waals surface area contributed by atoms with Crippen molar-refractivity contribution in [3.8, 4) is 11.5 Å². The van der Waals surface area contributed by atoms with Crippen LogP contribution in [0.15, 0.2) is 48.5 Å². The lowest BCUT2D eigenvalue weighted by Crippen LogP contribution is -2.22. The molecule has 0 saturated heterocycles. The van der Waals surface area contributed by atoms with Crippen molar-refractivity contribution in [3.63, 3.8) is 0 Å². The van der Waals surface area contributed by atoms with Crippen molar-refractivity contribution in [2.75, 3.05) is 18.5 Å². The van der Waals surface area contributed by atoms with Gasteiger partial charge in [0.05, 0.1) is 13.2 Å². The van der Waals surface area contributed by atoms with Gasteiger partial charge in [-0.3, -0.25) is 0 Å². The number of rotatable bonds is 9. The highest BCUT2D eigenvalue weighted by Crippen LogP contribution is 2.27. The number of hydrogen-bond donors (Lipinski definition) is 1. The molecule has 0 aliphatic heterocycles. The second-order valence-electron chi connectivity index (χ2n) is 9.75. The number of benzene rings is 2. The first-order valence-corrected chi connectivity index (χ1v) is 11.6. The number of hydrogen-bond acceptors (Lipinski definition) is 3. The Morgan fingerprint density at radius 2 is 1.53 bits per heavy atom. The van der Waals surface area contributed by atoms with Crippen molar-refractivity contribution in [2.24, 2.45) is 5.92 Å². The molecular weight excluding hydrogens is 370 g/mol. The van der Waals surface area contributed by atoms with Crippen LogP contribution >= 0.6 is 0 Å². The minimum Gasteiger partial charge on any atom is -0.494 e. The van der Waals surface area contributed by atoms with Gasteiger partial charge in [0.25, 0.3) is 0 Å². The molecule has 3 heteroatoms. The quantitative estimate of drug-likeness (QED) is 0.474. The van der Waals surface area contributed by atoms with Crippen LogP contribution < -0.4 is 14.8 Å². The van der Waals surface area contributed by atoms with E-state index in [0.717, 1.165) is 36.3 Å². The van der Waals surface area contributed by atoms with Gasteiger partial charge in [0.1, 0.15) is 17.6 Å². The molecule has 2 aromatic rings. The number of nitrogens with one attached hydrogen (secondary N) is 1. The highest BCUT2D eigenvalue weighted by molar-refractivity contribution is 5.46. The lowest BCUT2D eigenvalue weighted by Gasteiger charge is -2.21. The fraction of sp³-hybridized carbons (Fsp3) is 0.556. The van der Waals surface area contributed by atoms with Gasteiger partial charge in [-0.05, 0) is 66.6 Å². The Labute approximate surface area is 183 Å². The Bertz CT molecular complexity index is 740. The van der Waals surface area contributed by atoms with E-state index in [0.29, 0.717) is 0 Å². The minimum absolute atomic E-state index is 0.0805. The van der Waals surface area contributed by atoms with Crippen LogP contribution in [0.25, 0.3) is 0 Å². The molecule has 3 rings (SSSR count). The zero-order valence-corrected chi connectivity index (χ0v) is 19.2. The highest BCUT2D eigenvalue weighted by atomic mass is 16.5. The molecule has 1 fully saturated rings. The van der Waals surface area contributed by atoms with E-state index < -0.39 is 0 Å². The SMILES string of the molecule is CC(CNc1ccc(OCCC2CCCCC2)cc1)Oc1ccc(C(C)(C)C)cc1. The van der Waals surface area contributed by atoms with Gasteiger partial charge in [-0.2, -0.15) is 0 Å². The fourth-order valence-corrected chi connectivity index (χ4v) is 4.06. The molecule has 164 valence electrons. The molecule has 0 spiro atoms. The van der Waals surface area contributed by atoms with Gasteiger partial charge in [-0.15, -0.1) is 0 Å². The van der Waals surface area contributed by atoms with Crippen LogP contribution in [-0.4, -0.2) is 19.3 Å². The normalized spacial score (nSPS) is 16.1. The molecule has 0 aromatic heterocycles. The van der Waals surface area contributed by atoms with Crippen LogP contribution in [0.5, 0.6) is 11.5 Å². The first-order valence-electron chi connectivity index (χ1n) is 11.6. The summed E-state index contributed by atoms with van der Waals surface area (Å²) in [5.74, 6) is 2.74. The molecule has 1 aliphatic carbocycles. The summed E-state index contributed by atoms with van der Waals surface area (Å²) in [6, 6.07) is 16.7. The van der Waals surface area contributed by atoms with Gasteiger partial charge >= 0.3 is 0 Å². The molecule has 1 aliphatic rings. The summed E-state index contributed by atoms with van der Waals surface area (Å²) in [6.45, 7) is 10.3. The van der Waals surface area contributed by atoms with Crippen LogP contribution in [0.3, 0.4) is 0 Å². The van der Waals surface area contributed by atoms with E-state index in [9.17, 15) is 0 Å². The summed E-state index contributed by atoms with van der Waals surface area (Å²) in [5.41, 5.74) is 2.58. The first kappa shape index (κ1) is 22.5. The summed E-state index contributed by atoms with van der Waals surface area (Å²) in [4.78, 5) is 0. The summed E-state index contributed by atoms with van der Waals surface area (Å²) >= 11 is 0. The van der Waals surface area contributed by atoms with Crippen molar-refractivity contribution in [3.05, 3.63) is 54.1 Å². The van der Waals surface area contributed by atoms with Gasteiger partial charge < -0.3 is 14.8 Å². The fourth-order valence-electron chi connectivity index (χ4n) is 4.06. The van der Waals surface area contributed by atoms with Crippen molar-refractivity contribution in [1.29, 1.82) is 0 Å². The van der Waals surface area contributed by atoms with Crippen LogP contribution in [0, 0.1) is 5.92 Å². The van der Waals surface area contributed by atoms with Crippen LogP contribution in [0.1, 0.15) is 71.8 Å². The molecule has 1 N–H and O–H groups in total. The predicted octanol–water partition coefficient (Wildman–Crippen LogP) is 7.21. The summed E-state index contributed by atoms with van der Waals surface area (Å²) in [6.07, 6.45) is 8.24. The monoisotopic (exact) mass is 409 g/mol. The Morgan fingerprint density at radius 1 is 0.900 bits per heavy atom. The van der Waals surface area contributed by atoms with Gasteiger partial charge in [0.15, 0.2) is 0 Å². The molecule has 0 radical (unpaired) electrons. The van der Waals surface area contributed by atoms with E-state index in [1.807, 2.05) is 0 Å². The molecule has 2 aromatic carbocycles. The third-order valence-electron chi connectivity index (χ3n) is 6.03. The van der Waals surface area contributed by atoms with Crippen molar-refractivity contribution >= 4 is 5.69 Å².